The van der Waals surface area contributed by atoms with E-state index >= 15 is 0 Å². The fourth-order valence-corrected chi connectivity index (χ4v) is 4.93. The van der Waals surface area contributed by atoms with Crippen molar-refractivity contribution in [1.29, 1.82) is 0 Å². The molecule has 0 spiro atoms. The van der Waals surface area contributed by atoms with Crippen molar-refractivity contribution < 1.29 is 9.84 Å². The highest BCUT2D eigenvalue weighted by Gasteiger charge is 2.27. The molecule has 7 heteroatoms. The Bertz CT molecular complexity index is 1580. The van der Waals surface area contributed by atoms with Crippen molar-refractivity contribution in [2.75, 3.05) is 13.2 Å². The van der Waals surface area contributed by atoms with Gasteiger partial charge in [-0.1, -0.05) is 30.3 Å². The number of pyridine rings is 2. The minimum absolute atomic E-state index is 0.142. The van der Waals surface area contributed by atoms with Crippen LogP contribution in [0.2, 0.25) is 0 Å². The zero-order valence-electron chi connectivity index (χ0n) is 19.0. The highest BCUT2D eigenvalue weighted by Crippen LogP contribution is 2.29. The van der Waals surface area contributed by atoms with Crippen LogP contribution in [0, 0.1) is 0 Å². The van der Waals surface area contributed by atoms with Gasteiger partial charge in [0.1, 0.15) is 0 Å². The predicted molar refractivity (Wildman–Crippen MR) is 134 cm³/mol. The van der Waals surface area contributed by atoms with E-state index in [4.69, 9.17) is 4.74 Å². The van der Waals surface area contributed by atoms with Crippen LogP contribution in [0.1, 0.15) is 23.6 Å². The molecule has 1 aliphatic heterocycles. The van der Waals surface area contributed by atoms with Crippen LogP contribution in [0.25, 0.3) is 33.1 Å². The summed E-state index contributed by atoms with van der Waals surface area (Å²) in [4.78, 5) is 27.2. The van der Waals surface area contributed by atoms with Crippen LogP contribution >= 0.6 is 0 Å². The lowest BCUT2D eigenvalue weighted by atomic mass is 9.95. The first kappa shape index (κ1) is 21.6. The van der Waals surface area contributed by atoms with Gasteiger partial charge in [0.25, 0.3) is 5.56 Å². The molecular formula is C28H24N4O3. The minimum Gasteiger partial charge on any atom is -0.389 e. The third-order valence-corrected chi connectivity index (χ3v) is 6.67. The van der Waals surface area contributed by atoms with E-state index in [1.807, 2.05) is 54.6 Å². The summed E-state index contributed by atoms with van der Waals surface area (Å²) in [6.07, 6.45) is 5.59. The number of fused-ring (bicyclic) bond motifs is 3. The van der Waals surface area contributed by atoms with E-state index in [1.54, 1.807) is 23.3 Å². The molecule has 0 unspecified atom stereocenters. The zero-order valence-corrected chi connectivity index (χ0v) is 19.0. The maximum Gasteiger partial charge on any atom is 0.261 e. The fraction of sp³-hybridized carbons (Fsp3) is 0.214. The van der Waals surface area contributed by atoms with Gasteiger partial charge in [-0.15, -0.1) is 0 Å². The molecule has 1 fully saturated rings. The smallest absolute Gasteiger partial charge is 0.261 e. The molecule has 0 radical (unpaired) electrons. The second kappa shape index (κ2) is 9.02. The summed E-state index contributed by atoms with van der Waals surface area (Å²) in [6.45, 7) is 0.731. The molecule has 35 heavy (non-hydrogen) atoms. The van der Waals surface area contributed by atoms with E-state index in [-0.39, 0.29) is 18.2 Å². The normalized spacial score (nSPS) is 18.2. The summed E-state index contributed by atoms with van der Waals surface area (Å²) in [7, 11) is 0. The molecule has 174 valence electrons. The predicted octanol–water partition coefficient (Wildman–Crippen LogP) is 3.92. The minimum atomic E-state index is -0.734. The van der Waals surface area contributed by atoms with E-state index in [0.717, 1.165) is 33.3 Å². The Hall–Kier alpha value is -3.94. The van der Waals surface area contributed by atoms with E-state index in [1.165, 1.54) is 0 Å². The average Bonchev–Trinajstić information content (AvgIpc) is 2.91. The number of aliphatic hydroxyl groups is 1. The van der Waals surface area contributed by atoms with Gasteiger partial charge < -0.3 is 9.84 Å². The number of aromatic nitrogens is 4. The van der Waals surface area contributed by atoms with Crippen LogP contribution in [0.15, 0.2) is 84.2 Å². The Labute approximate surface area is 201 Å². The maximum absolute atomic E-state index is 13.6. The SMILES string of the molecule is O=c1c2cc(Cc3ccnc(-c4ccccn4)c3)c3ccccc3c2ncn1[C@H]1CCOC[C@@H]1O. The van der Waals surface area contributed by atoms with Gasteiger partial charge in [-0.3, -0.25) is 19.3 Å². The molecule has 1 N–H and O–H groups in total. The molecule has 5 aromatic rings. The molecule has 4 heterocycles. The molecule has 0 aliphatic carbocycles. The monoisotopic (exact) mass is 464 g/mol. The van der Waals surface area contributed by atoms with E-state index in [2.05, 4.69) is 21.0 Å². The van der Waals surface area contributed by atoms with Crippen LogP contribution in [0.3, 0.4) is 0 Å². The summed E-state index contributed by atoms with van der Waals surface area (Å²) in [5.41, 5.74) is 4.28. The number of benzene rings is 2. The number of aliphatic hydroxyl groups excluding tert-OH is 1. The number of hydrogen-bond donors (Lipinski definition) is 1. The first-order valence-electron chi connectivity index (χ1n) is 11.7. The number of hydrogen-bond acceptors (Lipinski definition) is 6. The van der Waals surface area contributed by atoms with Gasteiger partial charge in [0, 0.05) is 24.4 Å². The lowest BCUT2D eigenvalue weighted by molar-refractivity contribution is -0.0395. The van der Waals surface area contributed by atoms with Gasteiger partial charge in [0.2, 0.25) is 0 Å². The fourth-order valence-electron chi connectivity index (χ4n) is 4.93. The van der Waals surface area contributed by atoms with Gasteiger partial charge in [-0.2, -0.15) is 0 Å². The highest BCUT2D eigenvalue weighted by molar-refractivity contribution is 6.06. The Morgan fingerprint density at radius 3 is 2.57 bits per heavy atom. The van der Waals surface area contributed by atoms with Crippen LogP contribution in [-0.2, 0) is 11.2 Å². The summed E-state index contributed by atoms with van der Waals surface area (Å²) < 4.78 is 6.92. The molecule has 1 aliphatic rings. The van der Waals surface area contributed by atoms with E-state index in [9.17, 15) is 9.90 Å². The second-order valence-corrected chi connectivity index (χ2v) is 8.87. The van der Waals surface area contributed by atoms with Crippen molar-refractivity contribution in [3.63, 3.8) is 0 Å². The van der Waals surface area contributed by atoms with Crippen molar-refractivity contribution in [2.45, 2.75) is 25.0 Å². The van der Waals surface area contributed by atoms with Crippen LogP contribution < -0.4 is 5.56 Å². The summed E-state index contributed by atoms with van der Waals surface area (Å²) in [5.74, 6) is 0. The van der Waals surface area contributed by atoms with Crippen molar-refractivity contribution in [2.24, 2.45) is 0 Å². The van der Waals surface area contributed by atoms with Crippen LogP contribution in [0.4, 0.5) is 0 Å². The first-order chi connectivity index (χ1) is 17.2. The first-order valence-corrected chi connectivity index (χ1v) is 11.7. The Morgan fingerprint density at radius 1 is 0.914 bits per heavy atom. The van der Waals surface area contributed by atoms with Gasteiger partial charge in [-0.05, 0) is 59.7 Å². The van der Waals surface area contributed by atoms with Crippen molar-refractivity contribution in [3.05, 3.63) is 101 Å². The lowest BCUT2D eigenvalue weighted by Gasteiger charge is -2.29. The van der Waals surface area contributed by atoms with Gasteiger partial charge in [0.05, 0.1) is 47.4 Å². The lowest BCUT2D eigenvalue weighted by Crippen LogP contribution is -2.39. The largest absolute Gasteiger partial charge is 0.389 e. The second-order valence-electron chi connectivity index (χ2n) is 8.87. The molecule has 7 nitrogen and oxygen atoms in total. The highest BCUT2D eigenvalue weighted by atomic mass is 16.5. The van der Waals surface area contributed by atoms with Crippen molar-refractivity contribution in [3.8, 4) is 11.4 Å². The van der Waals surface area contributed by atoms with Crippen LogP contribution in [-0.4, -0.2) is 43.9 Å². The number of ether oxygens (including phenoxy) is 1. The quantitative estimate of drug-likeness (QED) is 0.406. The molecule has 0 saturated carbocycles. The standard InChI is InChI=1S/C28H24N4O3/c33-26-16-35-12-9-25(26)32-17-31-27-21-6-2-1-5-20(21)19(15-22(27)28(32)34)13-18-8-11-30-24(14-18)23-7-3-4-10-29-23/h1-8,10-11,14-15,17,25-26,33H,9,12-13,16H2/t25-,26-/m0/s1. The van der Waals surface area contributed by atoms with Gasteiger partial charge >= 0.3 is 0 Å². The Balaban J connectivity index is 1.48. The van der Waals surface area contributed by atoms with Crippen LogP contribution in [0.5, 0.6) is 0 Å². The average molecular weight is 465 g/mol. The Morgan fingerprint density at radius 2 is 1.74 bits per heavy atom. The summed E-state index contributed by atoms with van der Waals surface area (Å²) in [6, 6.07) is 19.5. The molecule has 0 amide bonds. The molecule has 1 saturated heterocycles. The molecule has 2 aromatic carbocycles. The topological polar surface area (TPSA) is 90.1 Å². The molecule has 2 atom stereocenters. The van der Waals surface area contributed by atoms with Gasteiger partial charge in [0.15, 0.2) is 0 Å². The van der Waals surface area contributed by atoms with E-state index < -0.39 is 6.10 Å². The molecular weight excluding hydrogens is 440 g/mol. The molecule has 0 bridgehead atoms. The summed E-state index contributed by atoms with van der Waals surface area (Å²) >= 11 is 0. The molecule has 6 rings (SSSR count). The molecule has 3 aromatic heterocycles. The number of rotatable bonds is 4. The maximum atomic E-state index is 13.6. The summed E-state index contributed by atoms with van der Waals surface area (Å²) in [5, 5.41) is 13.0. The van der Waals surface area contributed by atoms with Crippen molar-refractivity contribution in [1.82, 2.24) is 19.5 Å². The van der Waals surface area contributed by atoms with E-state index in [0.29, 0.717) is 30.4 Å². The third kappa shape index (κ3) is 3.99. The number of nitrogens with zero attached hydrogens (tertiary/aromatic N) is 4. The van der Waals surface area contributed by atoms with Gasteiger partial charge in [-0.25, -0.2) is 4.98 Å². The van der Waals surface area contributed by atoms with Crippen molar-refractivity contribution >= 4 is 21.7 Å². The Kier molecular flexibility index (Phi) is 5.56. The zero-order chi connectivity index (χ0) is 23.8. The third-order valence-electron chi connectivity index (χ3n) is 6.67.